The summed E-state index contributed by atoms with van der Waals surface area (Å²) < 4.78 is 47.2. The van der Waals surface area contributed by atoms with E-state index < -0.39 is 24.2 Å². The maximum Gasteiger partial charge on any atom is 0.410 e. The maximum absolute atomic E-state index is 13.7. The van der Waals surface area contributed by atoms with Crippen LogP contribution in [0.1, 0.15) is 53.3 Å². The number of furan rings is 1. The second-order valence-corrected chi connectivity index (χ2v) is 7.45. The second kappa shape index (κ2) is 7.71. The molecular weight excluding hydrogens is 421 g/mol. The van der Waals surface area contributed by atoms with Gasteiger partial charge in [-0.1, -0.05) is 41.9 Å². The minimum absolute atomic E-state index is 0.0656. The lowest BCUT2D eigenvalue weighted by Crippen LogP contribution is -2.35. The SMILES string of the molecule is C[C@@H](NC(=O)c1nn2c(c1Cl)N[C@@H](c1ccco1)C[C@@H]2C(F)(F)F)c1ccccc1. The summed E-state index contributed by atoms with van der Waals surface area (Å²) in [6.45, 7) is 1.76. The molecule has 10 heteroatoms. The van der Waals surface area contributed by atoms with Gasteiger partial charge in [-0.3, -0.25) is 4.79 Å². The van der Waals surface area contributed by atoms with Gasteiger partial charge in [-0.25, -0.2) is 4.68 Å². The summed E-state index contributed by atoms with van der Waals surface area (Å²) >= 11 is 6.30. The Balaban J connectivity index is 1.65. The third-order valence-electron chi connectivity index (χ3n) is 5.04. The Morgan fingerprint density at radius 2 is 2.03 bits per heavy atom. The van der Waals surface area contributed by atoms with Crippen LogP contribution in [0.5, 0.6) is 0 Å². The summed E-state index contributed by atoms with van der Waals surface area (Å²) in [6, 6.07) is 9.26. The van der Waals surface area contributed by atoms with Gasteiger partial charge in [0.15, 0.2) is 11.7 Å². The molecule has 1 amide bonds. The Hall–Kier alpha value is -2.94. The summed E-state index contributed by atoms with van der Waals surface area (Å²) in [7, 11) is 0. The van der Waals surface area contributed by atoms with Gasteiger partial charge < -0.3 is 15.1 Å². The number of benzene rings is 1. The van der Waals surface area contributed by atoms with Crippen LogP contribution in [-0.4, -0.2) is 21.9 Å². The zero-order valence-corrected chi connectivity index (χ0v) is 16.5. The van der Waals surface area contributed by atoms with Crippen molar-refractivity contribution in [3.8, 4) is 0 Å². The van der Waals surface area contributed by atoms with Gasteiger partial charge in [0.25, 0.3) is 5.91 Å². The van der Waals surface area contributed by atoms with Crippen molar-refractivity contribution in [3.63, 3.8) is 0 Å². The number of nitrogens with one attached hydrogen (secondary N) is 2. The second-order valence-electron chi connectivity index (χ2n) is 7.07. The van der Waals surface area contributed by atoms with Crippen molar-refractivity contribution in [2.24, 2.45) is 0 Å². The molecule has 0 fully saturated rings. The smallest absolute Gasteiger partial charge is 0.410 e. The predicted molar refractivity (Wildman–Crippen MR) is 104 cm³/mol. The monoisotopic (exact) mass is 438 g/mol. The van der Waals surface area contributed by atoms with Gasteiger partial charge >= 0.3 is 6.18 Å². The van der Waals surface area contributed by atoms with Crippen LogP contribution in [0.4, 0.5) is 19.0 Å². The summed E-state index contributed by atoms with van der Waals surface area (Å²) in [4.78, 5) is 12.7. The van der Waals surface area contributed by atoms with Gasteiger partial charge in [0.05, 0.1) is 18.3 Å². The fourth-order valence-corrected chi connectivity index (χ4v) is 3.77. The van der Waals surface area contributed by atoms with Crippen molar-refractivity contribution < 1.29 is 22.4 Å². The van der Waals surface area contributed by atoms with Crippen molar-refractivity contribution in [2.75, 3.05) is 5.32 Å². The molecule has 3 heterocycles. The highest BCUT2D eigenvalue weighted by Crippen LogP contribution is 2.46. The zero-order valence-electron chi connectivity index (χ0n) is 15.8. The zero-order chi connectivity index (χ0) is 21.5. The highest BCUT2D eigenvalue weighted by atomic mass is 35.5. The number of carbonyl (C=O) groups excluding carboxylic acids is 1. The Kier molecular flexibility index (Phi) is 5.23. The summed E-state index contributed by atoms with van der Waals surface area (Å²) in [5, 5.41) is 9.40. The number of alkyl halides is 3. The molecule has 1 aromatic carbocycles. The van der Waals surface area contributed by atoms with Gasteiger partial charge in [-0.2, -0.15) is 18.3 Å². The molecule has 0 unspecified atom stereocenters. The molecule has 6 nitrogen and oxygen atoms in total. The van der Waals surface area contributed by atoms with E-state index in [1.54, 1.807) is 19.1 Å². The average molecular weight is 439 g/mol. The van der Waals surface area contributed by atoms with Crippen LogP contribution in [0, 0.1) is 0 Å². The number of fused-ring (bicyclic) bond motifs is 1. The number of aromatic nitrogens is 2. The molecule has 0 saturated heterocycles. The molecule has 2 aromatic heterocycles. The van der Waals surface area contributed by atoms with E-state index in [9.17, 15) is 18.0 Å². The van der Waals surface area contributed by atoms with Gasteiger partial charge in [0.2, 0.25) is 0 Å². The number of rotatable bonds is 4. The molecule has 1 aliphatic heterocycles. The standard InChI is InChI=1S/C20H18ClF3N4O2/c1-11(12-6-3-2-4-7-12)25-19(29)17-16(21)18-26-13(14-8-5-9-30-14)10-15(20(22,23)24)28(18)27-17/h2-9,11,13,15,26H,10H2,1H3,(H,25,29)/t11-,13-,15-/m1/s1. The number of halogens is 4. The predicted octanol–water partition coefficient (Wildman–Crippen LogP) is 5.28. The topological polar surface area (TPSA) is 72.1 Å². The van der Waals surface area contributed by atoms with E-state index in [4.69, 9.17) is 16.0 Å². The van der Waals surface area contributed by atoms with Crippen LogP contribution in [0.15, 0.2) is 53.1 Å². The quantitative estimate of drug-likeness (QED) is 0.581. The molecule has 1 aliphatic rings. The number of carbonyl (C=O) groups is 1. The Morgan fingerprint density at radius 1 is 1.30 bits per heavy atom. The average Bonchev–Trinajstić information content (AvgIpc) is 3.36. The first-order valence-corrected chi connectivity index (χ1v) is 9.64. The van der Waals surface area contributed by atoms with Gasteiger partial charge in [-0.05, 0) is 24.6 Å². The van der Waals surface area contributed by atoms with Crippen LogP contribution in [-0.2, 0) is 0 Å². The highest BCUT2D eigenvalue weighted by Gasteiger charge is 2.48. The Morgan fingerprint density at radius 3 is 2.67 bits per heavy atom. The number of hydrogen-bond donors (Lipinski definition) is 2. The number of hydrogen-bond acceptors (Lipinski definition) is 4. The third-order valence-corrected chi connectivity index (χ3v) is 5.40. The molecule has 0 saturated carbocycles. The van der Waals surface area contributed by atoms with Crippen LogP contribution in [0.2, 0.25) is 5.02 Å². The lowest BCUT2D eigenvalue weighted by atomic mass is 10.0. The molecule has 4 rings (SSSR count). The fraction of sp³-hybridized carbons (Fsp3) is 0.300. The molecule has 30 heavy (non-hydrogen) atoms. The van der Waals surface area contributed by atoms with E-state index in [1.807, 2.05) is 30.3 Å². The molecule has 3 atom stereocenters. The van der Waals surface area contributed by atoms with Gasteiger partial charge in [-0.15, -0.1) is 0 Å². The van der Waals surface area contributed by atoms with Crippen molar-refractivity contribution in [1.82, 2.24) is 15.1 Å². The molecule has 0 spiro atoms. The van der Waals surface area contributed by atoms with Crippen LogP contribution in [0.3, 0.4) is 0 Å². The highest BCUT2D eigenvalue weighted by molar-refractivity contribution is 6.36. The fourth-order valence-electron chi connectivity index (χ4n) is 3.50. The Labute approximate surface area is 175 Å². The molecule has 2 N–H and O–H groups in total. The largest absolute Gasteiger partial charge is 0.467 e. The van der Waals surface area contributed by atoms with Crippen LogP contribution >= 0.6 is 11.6 Å². The Bertz CT molecular complexity index is 1030. The molecule has 0 radical (unpaired) electrons. The van der Waals surface area contributed by atoms with Gasteiger partial charge in [0.1, 0.15) is 16.6 Å². The van der Waals surface area contributed by atoms with E-state index >= 15 is 0 Å². The van der Waals surface area contributed by atoms with Crippen molar-refractivity contribution in [3.05, 3.63) is 70.8 Å². The third kappa shape index (κ3) is 3.77. The van der Waals surface area contributed by atoms with Crippen molar-refractivity contribution in [2.45, 2.75) is 37.6 Å². The summed E-state index contributed by atoms with van der Waals surface area (Å²) in [6.07, 6.45) is -3.54. The molecular formula is C20H18ClF3N4O2. The van der Waals surface area contributed by atoms with E-state index in [-0.39, 0.29) is 29.0 Å². The van der Waals surface area contributed by atoms with Crippen LogP contribution < -0.4 is 10.6 Å². The lowest BCUT2D eigenvalue weighted by molar-refractivity contribution is -0.174. The number of anilines is 1. The number of nitrogens with zero attached hydrogens (tertiary/aromatic N) is 2. The first-order valence-electron chi connectivity index (χ1n) is 9.26. The van der Waals surface area contributed by atoms with Crippen molar-refractivity contribution >= 4 is 23.3 Å². The van der Waals surface area contributed by atoms with Gasteiger partial charge in [0, 0.05) is 6.42 Å². The maximum atomic E-state index is 13.7. The van der Waals surface area contributed by atoms with E-state index in [0.717, 1.165) is 10.2 Å². The first kappa shape index (κ1) is 20.3. The molecule has 158 valence electrons. The summed E-state index contributed by atoms with van der Waals surface area (Å²) in [5.41, 5.74) is 0.575. The molecule has 0 bridgehead atoms. The first-order chi connectivity index (χ1) is 14.3. The minimum Gasteiger partial charge on any atom is -0.467 e. The molecule has 3 aromatic rings. The van der Waals surface area contributed by atoms with Crippen LogP contribution in [0.25, 0.3) is 0 Å². The number of amides is 1. The summed E-state index contributed by atoms with van der Waals surface area (Å²) in [5.74, 6) is -0.379. The van der Waals surface area contributed by atoms with Crippen molar-refractivity contribution in [1.29, 1.82) is 0 Å². The normalized spacial score (nSPS) is 19.6. The van der Waals surface area contributed by atoms with E-state index in [1.165, 1.54) is 6.26 Å². The molecule has 0 aliphatic carbocycles. The lowest BCUT2D eigenvalue weighted by Gasteiger charge is -2.32. The van der Waals surface area contributed by atoms with E-state index in [2.05, 4.69) is 15.7 Å². The van der Waals surface area contributed by atoms with E-state index in [0.29, 0.717) is 5.76 Å². The minimum atomic E-state index is -4.58.